The minimum atomic E-state index is 0.320. The number of carbonyl (C=O) groups is 1. The maximum atomic E-state index is 10.8. The van der Waals surface area contributed by atoms with Crippen molar-refractivity contribution in [3.63, 3.8) is 0 Å². The van der Waals surface area contributed by atoms with Gasteiger partial charge in [0.1, 0.15) is 17.9 Å². The molecule has 2 aromatic heterocycles. The summed E-state index contributed by atoms with van der Waals surface area (Å²) in [7, 11) is 1.54. The molecule has 23 heavy (non-hydrogen) atoms. The zero-order valence-corrected chi connectivity index (χ0v) is 13.2. The Labute approximate surface area is 137 Å². The van der Waals surface area contributed by atoms with E-state index >= 15 is 0 Å². The molecule has 0 aliphatic heterocycles. The van der Waals surface area contributed by atoms with E-state index in [9.17, 15) is 4.79 Å². The first-order valence-corrected chi connectivity index (χ1v) is 7.80. The van der Waals surface area contributed by atoms with Gasteiger partial charge in [-0.05, 0) is 30.3 Å². The Hall–Kier alpha value is -2.73. The van der Waals surface area contributed by atoms with Crippen LogP contribution in [0.2, 0.25) is 0 Å². The highest BCUT2D eigenvalue weighted by atomic mass is 32.1. The minimum Gasteiger partial charge on any atom is -0.493 e. The van der Waals surface area contributed by atoms with Crippen LogP contribution in [0, 0.1) is 0 Å². The minimum absolute atomic E-state index is 0.320. The van der Waals surface area contributed by atoms with Crippen molar-refractivity contribution in [1.29, 1.82) is 0 Å². The highest BCUT2D eigenvalue weighted by Gasteiger charge is 2.09. The van der Waals surface area contributed by atoms with Gasteiger partial charge in [0.25, 0.3) is 0 Å². The molecule has 0 atom stereocenters. The summed E-state index contributed by atoms with van der Waals surface area (Å²) in [5.41, 5.74) is 2.20. The van der Waals surface area contributed by atoms with Gasteiger partial charge in [0.15, 0.2) is 11.5 Å². The van der Waals surface area contributed by atoms with Gasteiger partial charge < -0.3 is 9.47 Å². The summed E-state index contributed by atoms with van der Waals surface area (Å²) in [6.45, 7) is 0.320. The Morgan fingerprint density at radius 3 is 2.87 bits per heavy atom. The second kappa shape index (κ2) is 7.02. The zero-order valence-electron chi connectivity index (χ0n) is 12.4. The summed E-state index contributed by atoms with van der Waals surface area (Å²) >= 11 is 1.52. The van der Waals surface area contributed by atoms with Crippen LogP contribution in [0.4, 0.5) is 0 Å². The van der Waals surface area contributed by atoms with Crippen LogP contribution in [0.25, 0.3) is 10.7 Å². The molecule has 0 amide bonds. The summed E-state index contributed by atoms with van der Waals surface area (Å²) in [5.74, 6) is 1.10. The Bertz CT molecular complexity index is 803. The van der Waals surface area contributed by atoms with Crippen LogP contribution in [0.3, 0.4) is 0 Å². The summed E-state index contributed by atoms with van der Waals surface area (Å²) in [6, 6.07) is 10.8. The molecule has 0 spiro atoms. The summed E-state index contributed by atoms with van der Waals surface area (Å²) in [6.07, 6.45) is 2.51. The van der Waals surface area contributed by atoms with Gasteiger partial charge in [-0.3, -0.25) is 9.78 Å². The van der Waals surface area contributed by atoms with Crippen molar-refractivity contribution in [3.05, 3.63) is 59.2 Å². The molecule has 0 aliphatic rings. The van der Waals surface area contributed by atoms with E-state index in [4.69, 9.17) is 9.47 Å². The lowest BCUT2D eigenvalue weighted by atomic mass is 10.2. The fourth-order valence-corrected chi connectivity index (χ4v) is 2.79. The normalized spacial score (nSPS) is 10.3. The Balaban J connectivity index is 1.72. The number of rotatable bonds is 6. The van der Waals surface area contributed by atoms with Crippen molar-refractivity contribution < 1.29 is 14.3 Å². The van der Waals surface area contributed by atoms with Crippen molar-refractivity contribution in [2.75, 3.05) is 7.11 Å². The van der Waals surface area contributed by atoms with Crippen LogP contribution in [0.1, 0.15) is 16.1 Å². The van der Waals surface area contributed by atoms with Crippen molar-refractivity contribution in [2.24, 2.45) is 0 Å². The maximum Gasteiger partial charge on any atom is 0.161 e. The number of hydrogen-bond donors (Lipinski definition) is 0. The second-order valence-electron chi connectivity index (χ2n) is 4.68. The number of aromatic nitrogens is 2. The van der Waals surface area contributed by atoms with E-state index in [0.29, 0.717) is 23.7 Å². The lowest BCUT2D eigenvalue weighted by Crippen LogP contribution is -1.98. The number of ether oxygens (including phenoxy) is 2. The number of hydrogen-bond acceptors (Lipinski definition) is 6. The molecule has 1 aromatic carbocycles. The molecule has 0 fully saturated rings. The predicted octanol–water partition coefficient (Wildman–Crippen LogP) is 3.61. The molecule has 6 heteroatoms. The molecule has 0 saturated carbocycles. The van der Waals surface area contributed by atoms with Gasteiger partial charge in [0.2, 0.25) is 0 Å². The van der Waals surface area contributed by atoms with E-state index < -0.39 is 0 Å². The van der Waals surface area contributed by atoms with Crippen LogP contribution < -0.4 is 9.47 Å². The van der Waals surface area contributed by atoms with Crippen molar-refractivity contribution in [2.45, 2.75) is 6.61 Å². The van der Waals surface area contributed by atoms with Gasteiger partial charge >= 0.3 is 0 Å². The van der Waals surface area contributed by atoms with Gasteiger partial charge in [-0.15, -0.1) is 11.3 Å². The lowest BCUT2D eigenvalue weighted by Gasteiger charge is -2.09. The van der Waals surface area contributed by atoms with E-state index in [-0.39, 0.29) is 0 Å². The third kappa shape index (κ3) is 3.54. The molecule has 0 saturated heterocycles. The number of nitrogens with zero attached hydrogens (tertiary/aromatic N) is 2. The largest absolute Gasteiger partial charge is 0.493 e. The molecule has 0 bridgehead atoms. The van der Waals surface area contributed by atoms with Gasteiger partial charge in [0, 0.05) is 17.1 Å². The Kier molecular flexibility index (Phi) is 4.63. The maximum absolute atomic E-state index is 10.8. The van der Waals surface area contributed by atoms with E-state index in [1.165, 1.54) is 11.3 Å². The molecule has 3 rings (SSSR count). The number of carbonyl (C=O) groups excluding carboxylic acids is 1. The molecule has 116 valence electrons. The van der Waals surface area contributed by atoms with Gasteiger partial charge in [-0.2, -0.15) is 0 Å². The first-order chi connectivity index (χ1) is 11.3. The van der Waals surface area contributed by atoms with Crippen molar-refractivity contribution in [1.82, 2.24) is 9.97 Å². The quantitative estimate of drug-likeness (QED) is 0.648. The Morgan fingerprint density at radius 1 is 1.22 bits per heavy atom. The highest BCUT2D eigenvalue weighted by Crippen LogP contribution is 2.29. The van der Waals surface area contributed by atoms with Crippen LogP contribution in [-0.4, -0.2) is 23.4 Å². The molecule has 5 nitrogen and oxygen atoms in total. The standard InChI is InChI=1S/C17H14N2O3S/c1-21-16-8-12(9-20)5-6-15(16)22-10-13-11-23-17(19-13)14-4-2-3-7-18-14/h2-9,11H,10H2,1H3. The third-order valence-electron chi connectivity index (χ3n) is 3.14. The van der Waals surface area contributed by atoms with Crippen molar-refractivity contribution >= 4 is 17.6 Å². The van der Waals surface area contributed by atoms with Crippen molar-refractivity contribution in [3.8, 4) is 22.2 Å². The van der Waals surface area contributed by atoms with E-state index in [2.05, 4.69) is 9.97 Å². The highest BCUT2D eigenvalue weighted by molar-refractivity contribution is 7.13. The first-order valence-electron chi connectivity index (χ1n) is 6.92. The van der Waals surface area contributed by atoms with Crippen LogP contribution in [-0.2, 0) is 6.61 Å². The van der Waals surface area contributed by atoms with Crippen LogP contribution >= 0.6 is 11.3 Å². The molecular formula is C17H14N2O3S. The van der Waals surface area contributed by atoms with Gasteiger partial charge in [-0.1, -0.05) is 6.07 Å². The van der Waals surface area contributed by atoms with Crippen LogP contribution in [0.5, 0.6) is 11.5 Å². The first kappa shape index (κ1) is 15.2. The summed E-state index contributed by atoms with van der Waals surface area (Å²) < 4.78 is 11.0. The number of methoxy groups -OCH3 is 1. The fourth-order valence-electron chi connectivity index (χ4n) is 2.01. The molecular weight excluding hydrogens is 312 g/mol. The predicted molar refractivity (Wildman–Crippen MR) is 88.1 cm³/mol. The van der Waals surface area contributed by atoms with E-state index in [1.807, 2.05) is 23.6 Å². The van der Waals surface area contributed by atoms with Gasteiger partial charge in [-0.25, -0.2) is 4.98 Å². The SMILES string of the molecule is COc1cc(C=O)ccc1OCc1csc(-c2ccccn2)n1. The monoisotopic (exact) mass is 326 g/mol. The zero-order chi connectivity index (χ0) is 16.1. The average Bonchev–Trinajstić information content (AvgIpc) is 3.09. The van der Waals surface area contributed by atoms with Gasteiger partial charge in [0.05, 0.1) is 18.5 Å². The number of pyridine rings is 1. The third-order valence-corrected chi connectivity index (χ3v) is 4.05. The number of aldehydes is 1. The van der Waals surface area contributed by atoms with Crippen LogP contribution in [0.15, 0.2) is 48.0 Å². The average molecular weight is 326 g/mol. The molecule has 0 N–H and O–H groups in total. The molecule has 2 heterocycles. The second-order valence-corrected chi connectivity index (χ2v) is 5.53. The number of benzene rings is 1. The summed E-state index contributed by atoms with van der Waals surface area (Å²) in [5, 5.41) is 2.79. The van der Waals surface area contributed by atoms with E-state index in [1.54, 1.807) is 31.5 Å². The molecule has 0 unspecified atom stereocenters. The summed E-state index contributed by atoms with van der Waals surface area (Å²) in [4.78, 5) is 19.6. The lowest BCUT2D eigenvalue weighted by molar-refractivity contribution is 0.112. The molecule has 0 aliphatic carbocycles. The van der Waals surface area contributed by atoms with E-state index in [0.717, 1.165) is 22.7 Å². The topological polar surface area (TPSA) is 61.3 Å². The Morgan fingerprint density at radius 2 is 2.13 bits per heavy atom. The fraction of sp³-hybridized carbons (Fsp3) is 0.118. The smallest absolute Gasteiger partial charge is 0.161 e. The number of thiazole rings is 1. The molecule has 0 radical (unpaired) electrons. The molecule has 3 aromatic rings.